The smallest absolute Gasteiger partial charge is 0.408 e. The summed E-state index contributed by atoms with van der Waals surface area (Å²) < 4.78 is 5.07. The number of likely N-dealkylation sites (N-methyl/N-ethyl adjacent to an activating group) is 1. The van der Waals surface area contributed by atoms with E-state index in [9.17, 15) is 24.0 Å². The van der Waals surface area contributed by atoms with Crippen molar-refractivity contribution in [2.24, 2.45) is 0 Å². The molecule has 11 nitrogen and oxygen atoms in total. The summed E-state index contributed by atoms with van der Waals surface area (Å²) in [5.74, 6) is -1.53. The highest BCUT2D eigenvalue weighted by atomic mass is 16.6. The fraction of sp³-hybridized carbons (Fsp3) is 0.737. The summed E-state index contributed by atoms with van der Waals surface area (Å²) in [5.41, 5.74) is -1.67. The second kappa shape index (κ2) is 9.31. The van der Waals surface area contributed by atoms with Gasteiger partial charge in [-0.25, -0.2) is 4.79 Å². The lowest BCUT2D eigenvalue weighted by molar-refractivity contribution is -0.152. The quantitative estimate of drug-likeness (QED) is 0.430. The number of fused-ring (bicyclic) bond motifs is 1. The molecule has 2 aliphatic heterocycles. The first-order chi connectivity index (χ1) is 14.0. The van der Waals surface area contributed by atoms with Crippen molar-refractivity contribution in [1.29, 1.82) is 0 Å². The molecule has 5 amide bonds. The van der Waals surface area contributed by atoms with Gasteiger partial charge in [0.05, 0.1) is 6.54 Å². The van der Waals surface area contributed by atoms with Crippen LogP contribution < -0.4 is 21.3 Å². The molecule has 0 radical (unpaired) electrons. The predicted molar refractivity (Wildman–Crippen MR) is 106 cm³/mol. The summed E-state index contributed by atoms with van der Waals surface area (Å²) in [6.45, 7) is 5.06. The van der Waals surface area contributed by atoms with Crippen molar-refractivity contribution in [3.05, 3.63) is 0 Å². The molecule has 0 saturated carbocycles. The van der Waals surface area contributed by atoms with E-state index in [1.807, 2.05) is 0 Å². The van der Waals surface area contributed by atoms with Crippen molar-refractivity contribution >= 4 is 29.7 Å². The summed E-state index contributed by atoms with van der Waals surface area (Å²) >= 11 is 0. The van der Waals surface area contributed by atoms with Gasteiger partial charge in [0.25, 0.3) is 0 Å². The zero-order chi connectivity index (χ0) is 22.5. The van der Waals surface area contributed by atoms with Gasteiger partial charge in [-0.05, 0) is 46.5 Å². The van der Waals surface area contributed by atoms with Gasteiger partial charge in [0.2, 0.25) is 23.6 Å². The van der Waals surface area contributed by atoms with Crippen LogP contribution in [0.2, 0.25) is 0 Å². The molecule has 2 aliphatic rings. The van der Waals surface area contributed by atoms with E-state index in [2.05, 4.69) is 21.3 Å². The Morgan fingerprint density at radius 1 is 1.10 bits per heavy atom. The Hall–Kier alpha value is -2.85. The molecule has 0 bridgehead atoms. The van der Waals surface area contributed by atoms with Crippen LogP contribution in [-0.4, -0.2) is 78.5 Å². The highest BCUT2D eigenvalue weighted by molar-refractivity contribution is 5.98. The van der Waals surface area contributed by atoms with E-state index in [-0.39, 0.29) is 30.8 Å². The number of carbonyl (C=O) groups excluding carboxylic acids is 5. The maximum absolute atomic E-state index is 12.9. The number of alkyl carbamates (subject to hydrolysis) is 1. The molecule has 2 fully saturated rings. The van der Waals surface area contributed by atoms with Gasteiger partial charge in [0.1, 0.15) is 23.7 Å². The number of ether oxygens (including phenoxy) is 1. The van der Waals surface area contributed by atoms with Crippen LogP contribution in [0.4, 0.5) is 4.79 Å². The standard InChI is InChI=1S/C19H31N5O6/c1-18(2,3)30-17(29)22-11-14(26)23-12-6-8-19(7-5-9-24(19)15(12)27)16(28)21-10-13(25)20-4/h12H,5-11H2,1-4H3,(H,20,25)(H,21,28)(H,22,29)(H,23,26)/t12-,19-/m1/s1. The molecule has 0 aromatic rings. The fourth-order valence-corrected chi connectivity index (χ4v) is 3.76. The normalized spacial score (nSPS) is 23.3. The van der Waals surface area contributed by atoms with Gasteiger partial charge in [0.15, 0.2) is 0 Å². The van der Waals surface area contributed by atoms with Crippen LogP contribution in [0.15, 0.2) is 0 Å². The van der Waals surface area contributed by atoms with E-state index in [1.165, 1.54) is 11.9 Å². The summed E-state index contributed by atoms with van der Waals surface area (Å²) in [7, 11) is 1.48. The first-order valence-electron chi connectivity index (χ1n) is 10.0. The summed E-state index contributed by atoms with van der Waals surface area (Å²) in [4.78, 5) is 62.4. The Balaban J connectivity index is 1.92. The molecule has 168 valence electrons. The molecule has 2 atom stereocenters. The lowest BCUT2D eigenvalue weighted by Gasteiger charge is -2.43. The monoisotopic (exact) mass is 425 g/mol. The first-order valence-corrected chi connectivity index (χ1v) is 10.0. The lowest BCUT2D eigenvalue weighted by atomic mass is 9.83. The van der Waals surface area contributed by atoms with Gasteiger partial charge < -0.3 is 30.9 Å². The maximum Gasteiger partial charge on any atom is 0.408 e. The van der Waals surface area contributed by atoms with E-state index in [1.54, 1.807) is 20.8 Å². The molecule has 2 heterocycles. The van der Waals surface area contributed by atoms with Gasteiger partial charge in [-0.2, -0.15) is 0 Å². The van der Waals surface area contributed by atoms with Crippen molar-refractivity contribution in [1.82, 2.24) is 26.2 Å². The number of piperidine rings is 1. The number of nitrogens with one attached hydrogen (secondary N) is 4. The zero-order valence-corrected chi connectivity index (χ0v) is 17.9. The minimum atomic E-state index is -0.985. The van der Waals surface area contributed by atoms with Crippen LogP contribution >= 0.6 is 0 Å². The first kappa shape index (κ1) is 23.4. The van der Waals surface area contributed by atoms with Crippen molar-refractivity contribution in [2.75, 3.05) is 26.7 Å². The van der Waals surface area contributed by atoms with E-state index in [4.69, 9.17) is 4.74 Å². The number of amides is 5. The lowest BCUT2D eigenvalue weighted by Crippen LogP contribution is -2.65. The Bertz CT molecular complexity index is 719. The third kappa shape index (κ3) is 5.61. The molecular formula is C19H31N5O6. The van der Waals surface area contributed by atoms with Crippen LogP contribution in [-0.2, 0) is 23.9 Å². The second-order valence-corrected chi connectivity index (χ2v) is 8.50. The third-order valence-corrected chi connectivity index (χ3v) is 5.14. The van der Waals surface area contributed by atoms with Crippen molar-refractivity contribution in [2.45, 2.75) is 63.6 Å². The molecule has 11 heteroatoms. The average molecular weight is 425 g/mol. The molecule has 2 saturated heterocycles. The molecule has 0 aromatic carbocycles. The SMILES string of the molecule is CNC(=O)CNC(=O)[C@]12CCCN1C(=O)[C@H](NC(=O)CNC(=O)OC(C)(C)C)CC2. The number of carbonyl (C=O) groups is 5. The highest BCUT2D eigenvalue weighted by Gasteiger charge is 2.54. The molecule has 2 rings (SSSR count). The number of nitrogens with zero attached hydrogens (tertiary/aromatic N) is 1. The molecule has 30 heavy (non-hydrogen) atoms. The molecule has 0 aliphatic carbocycles. The Morgan fingerprint density at radius 2 is 1.77 bits per heavy atom. The topological polar surface area (TPSA) is 146 Å². The van der Waals surface area contributed by atoms with Crippen LogP contribution in [0.1, 0.15) is 46.5 Å². The second-order valence-electron chi connectivity index (χ2n) is 8.50. The van der Waals surface area contributed by atoms with Gasteiger partial charge in [0, 0.05) is 13.6 Å². The largest absolute Gasteiger partial charge is 0.444 e. The van der Waals surface area contributed by atoms with E-state index in [0.29, 0.717) is 32.2 Å². The molecular weight excluding hydrogens is 394 g/mol. The summed E-state index contributed by atoms with van der Waals surface area (Å²) in [6.07, 6.45) is 1.13. The van der Waals surface area contributed by atoms with Crippen molar-refractivity contribution in [3.63, 3.8) is 0 Å². The average Bonchev–Trinajstić information content (AvgIpc) is 3.11. The maximum atomic E-state index is 12.9. The highest BCUT2D eigenvalue weighted by Crippen LogP contribution is 2.38. The van der Waals surface area contributed by atoms with Crippen molar-refractivity contribution < 1.29 is 28.7 Å². The fourth-order valence-electron chi connectivity index (χ4n) is 3.76. The Labute approximate surface area is 175 Å². The minimum Gasteiger partial charge on any atom is -0.444 e. The molecule has 4 N–H and O–H groups in total. The van der Waals surface area contributed by atoms with Gasteiger partial charge in [-0.1, -0.05) is 0 Å². The van der Waals surface area contributed by atoms with E-state index >= 15 is 0 Å². The Kier molecular flexibility index (Phi) is 7.27. The van der Waals surface area contributed by atoms with Crippen LogP contribution in [0.3, 0.4) is 0 Å². The van der Waals surface area contributed by atoms with Gasteiger partial charge in [-0.15, -0.1) is 0 Å². The summed E-state index contributed by atoms with van der Waals surface area (Å²) in [5, 5.41) is 10.00. The Morgan fingerprint density at radius 3 is 2.40 bits per heavy atom. The zero-order valence-electron chi connectivity index (χ0n) is 17.9. The van der Waals surface area contributed by atoms with Crippen molar-refractivity contribution in [3.8, 4) is 0 Å². The van der Waals surface area contributed by atoms with Crippen LogP contribution in [0, 0.1) is 0 Å². The number of hydrogen-bond acceptors (Lipinski definition) is 6. The number of hydrogen-bond donors (Lipinski definition) is 4. The van der Waals surface area contributed by atoms with Gasteiger partial charge in [-0.3, -0.25) is 19.2 Å². The third-order valence-electron chi connectivity index (χ3n) is 5.14. The van der Waals surface area contributed by atoms with E-state index in [0.717, 1.165) is 0 Å². The molecule has 0 spiro atoms. The predicted octanol–water partition coefficient (Wildman–Crippen LogP) is -0.987. The van der Waals surface area contributed by atoms with Crippen LogP contribution in [0.25, 0.3) is 0 Å². The van der Waals surface area contributed by atoms with Crippen LogP contribution in [0.5, 0.6) is 0 Å². The minimum absolute atomic E-state index is 0.157. The van der Waals surface area contributed by atoms with Gasteiger partial charge >= 0.3 is 6.09 Å². The molecule has 0 unspecified atom stereocenters. The molecule has 0 aromatic heterocycles. The van der Waals surface area contributed by atoms with E-state index < -0.39 is 29.2 Å². The number of rotatable bonds is 6. The summed E-state index contributed by atoms with van der Waals surface area (Å²) in [6, 6.07) is -0.768.